The molecule has 6 heteroatoms. The van der Waals surface area contributed by atoms with Crippen LogP contribution >= 0.6 is 0 Å². The summed E-state index contributed by atoms with van der Waals surface area (Å²) in [6, 6.07) is 15.7. The molecule has 0 fully saturated rings. The fraction of sp³-hybridized carbons (Fsp3) is 0.278. The standard InChI is InChI=1S/C18H21NO4S/c1-14-8-10-17(11-9-14)24(22,23)19(12-15(2)18(20)21)13-16-6-4-3-5-7-16/h3-11,15H,12-13H2,1-2H3,(H,20,21)/t15-/m1/s1. The minimum atomic E-state index is -3.77. The van der Waals surface area contributed by atoms with E-state index in [0.29, 0.717) is 0 Å². The molecule has 5 nitrogen and oxygen atoms in total. The zero-order valence-electron chi connectivity index (χ0n) is 13.7. The molecule has 2 aromatic rings. The van der Waals surface area contributed by atoms with Crippen LogP contribution in [0, 0.1) is 12.8 Å². The smallest absolute Gasteiger partial charge is 0.307 e. The SMILES string of the molecule is Cc1ccc(S(=O)(=O)N(Cc2ccccc2)C[C@@H](C)C(=O)O)cc1. The molecule has 0 saturated heterocycles. The van der Waals surface area contributed by atoms with Crippen LogP contribution in [0.4, 0.5) is 0 Å². The summed E-state index contributed by atoms with van der Waals surface area (Å²) >= 11 is 0. The lowest BCUT2D eigenvalue weighted by Crippen LogP contribution is -2.36. The Kier molecular flexibility index (Phi) is 5.75. The number of aryl methyl sites for hydroxylation is 1. The van der Waals surface area contributed by atoms with E-state index in [1.807, 2.05) is 37.3 Å². The van der Waals surface area contributed by atoms with Crippen molar-refractivity contribution in [3.05, 3.63) is 65.7 Å². The average Bonchev–Trinajstić information content (AvgIpc) is 2.55. The third kappa shape index (κ3) is 4.43. The fourth-order valence-corrected chi connectivity index (χ4v) is 3.79. The fourth-order valence-electron chi connectivity index (χ4n) is 2.28. The lowest BCUT2D eigenvalue weighted by atomic mass is 10.1. The van der Waals surface area contributed by atoms with E-state index in [0.717, 1.165) is 11.1 Å². The molecule has 0 unspecified atom stereocenters. The molecule has 0 amide bonds. The van der Waals surface area contributed by atoms with E-state index < -0.39 is 21.9 Å². The predicted molar refractivity (Wildman–Crippen MR) is 92.0 cm³/mol. The van der Waals surface area contributed by atoms with Crippen molar-refractivity contribution in [2.24, 2.45) is 5.92 Å². The second-order valence-corrected chi connectivity index (χ2v) is 7.77. The average molecular weight is 347 g/mol. The van der Waals surface area contributed by atoms with E-state index in [-0.39, 0.29) is 18.0 Å². The minimum Gasteiger partial charge on any atom is -0.481 e. The molecule has 0 aliphatic carbocycles. The molecule has 0 bridgehead atoms. The van der Waals surface area contributed by atoms with Gasteiger partial charge in [0, 0.05) is 13.1 Å². The van der Waals surface area contributed by atoms with Crippen molar-refractivity contribution in [2.75, 3.05) is 6.54 Å². The number of rotatable bonds is 7. The summed E-state index contributed by atoms with van der Waals surface area (Å²) < 4.78 is 27.1. The van der Waals surface area contributed by atoms with Gasteiger partial charge in [0.25, 0.3) is 0 Å². The Bertz CT molecular complexity index is 786. The molecule has 128 valence electrons. The maximum Gasteiger partial charge on any atom is 0.307 e. The van der Waals surface area contributed by atoms with E-state index in [4.69, 9.17) is 5.11 Å². The van der Waals surface area contributed by atoms with Gasteiger partial charge in [-0.3, -0.25) is 4.79 Å². The maximum absolute atomic E-state index is 12.9. The van der Waals surface area contributed by atoms with Crippen LogP contribution in [0.1, 0.15) is 18.1 Å². The van der Waals surface area contributed by atoms with E-state index in [1.54, 1.807) is 24.3 Å². The molecule has 2 aromatic carbocycles. The first-order valence-electron chi connectivity index (χ1n) is 7.64. The van der Waals surface area contributed by atoms with Gasteiger partial charge in [-0.1, -0.05) is 55.0 Å². The van der Waals surface area contributed by atoms with E-state index >= 15 is 0 Å². The Hall–Kier alpha value is -2.18. The number of sulfonamides is 1. The van der Waals surface area contributed by atoms with Gasteiger partial charge in [0.05, 0.1) is 10.8 Å². The molecular formula is C18H21NO4S. The Morgan fingerprint density at radius 1 is 1.08 bits per heavy atom. The number of carboxylic acids is 1. The number of benzene rings is 2. The predicted octanol–water partition coefficient (Wildman–Crippen LogP) is 2.91. The first kappa shape index (κ1) is 18.2. The van der Waals surface area contributed by atoms with Gasteiger partial charge in [-0.25, -0.2) is 8.42 Å². The lowest BCUT2D eigenvalue weighted by Gasteiger charge is -2.24. The molecule has 1 N–H and O–H groups in total. The van der Waals surface area contributed by atoms with Crippen LogP contribution in [-0.2, 0) is 21.4 Å². The van der Waals surface area contributed by atoms with Crippen LogP contribution in [0.2, 0.25) is 0 Å². The molecule has 0 aromatic heterocycles. The molecule has 0 aliphatic rings. The van der Waals surface area contributed by atoms with Gasteiger partial charge in [0.1, 0.15) is 0 Å². The van der Waals surface area contributed by atoms with Crippen molar-refractivity contribution in [3.8, 4) is 0 Å². The van der Waals surface area contributed by atoms with Gasteiger partial charge in [-0.2, -0.15) is 4.31 Å². The Labute approximate surface area is 142 Å². The minimum absolute atomic E-state index is 0.0829. The topological polar surface area (TPSA) is 74.7 Å². The van der Waals surface area contributed by atoms with Gasteiger partial charge < -0.3 is 5.11 Å². The first-order chi connectivity index (χ1) is 11.3. The highest BCUT2D eigenvalue weighted by molar-refractivity contribution is 7.89. The summed E-state index contributed by atoms with van der Waals surface area (Å²) in [6.45, 7) is 3.44. The molecule has 1 atom stereocenters. The number of carboxylic acid groups (broad SMARTS) is 1. The molecule has 0 radical (unpaired) electrons. The van der Waals surface area contributed by atoms with Gasteiger partial charge >= 0.3 is 5.97 Å². The summed E-state index contributed by atoms with van der Waals surface area (Å²) in [5.74, 6) is -1.82. The van der Waals surface area contributed by atoms with Crippen molar-refractivity contribution in [1.82, 2.24) is 4.31 Å². The van der Waals surface area contributed by atoms with Crippen LogP contribution in [0.3, 0.4) is 0 Å². The highest BCUT2D eigenvalue weighted by Gasteiger charge is 2.28. The van der Waals surface area contributed by atoms with E-state index in [1.165, 1.54) is 11.2 Å². The van der Waals surface area contributed by atoms with Crippen molar-refractivity contribution >= 4 is 16.0 Å². The van der Waals surface area contributed by atoms with Crippen molar-refractivity contribution in [1.29, 1.82) is 0 Å². The number of hydrogen-bond acceptors (Lipinski definition) is 3. The largest absolute Gasteiger partial charge is 0.481 e. The molecule has 2 rings (SSSR count). The van der Waals surface area contributed by atoms with Crippen molar-refractivity contribution in [2.45, 2.75) is 25.3 Å². The summed E-state index contributed by atoms with van der Waals surface area (Å²) in [5, 5.41) is 9.15. The third-order valence-corrected chi connectivity index (χ3v) is 5.59. The molecule has 0 heterocycles. The molecule has 0 saturated carbocycles. The second-order valence-electron chi connectivity index (χ2n) is 5.84. The quantitative estimate of drug-likeness (QED) is 0.836. The molecule has 0 spiro atoms. The first-order valence-corrected chi connectivity index (χ1v) is 9.08. The second kappa shape index (κ2) is 7.59. The molecular weight excluding hydrogens is 326 g/mol. The van der Waals surface area contributed by atoms with Crippen molar-refractivity contribution in [3.63, 3.8) is 0 Å². The van der Waals surface area contributed by atoms with E-state index in [9.17, 15) is 13.2 Å². The molecule has 0 aliphatic heterocycles. The maximum atomic E-state index is 12.9. The van der Waals surface area contributed by atoms with Crippen molar-refractivity contribution < 1.29 is 18.3 Å². The summed E-state index contributed by atoms with van der Waals surface area (Å²) in [4.78, 5) is 11.3. The Morgan fingerprint density at radius 3 is 2.21 bits per heavy atom. The zero-order chi connectivity index (χ0) is 17.7. The Balaban J connectivity index is 2.36. The number of nitrogens with zero attached hydrogens (tertiary/aromatic N) is 1. The summed E-state index contributed by atoms with van der Waals surface area (Å²) in [7, 11) is -3.77. The van der Waals surface area contributed by atoms with Crippen LogP contribution < -0.4 is 0 Å². The number of carbonyl (C=O) groups is 1. The van der Waals surface area contributed by atoms with Crippen LogP contribution in [-0.4, -0.2) is 30.3 Å². The highest BCUT2D eigenvalue weighted by atomic mass is 32.2. The van der Waals surface area contributed by atoms with Gasteiger partial charge in [-0.05, 0) is 24.6 Å². The number of aliphatic carboxylic acids is 1. The summed E-state index contributed by atoms with van der Waals surface area (Å²) in [5.41, 5.74) is 1.77. The van der Waals surface area contributed by atoms with E-state index in [2.05, 4.69) is 0 Å². The van der Waals surface area contributed by atoms with Crippen LogP contribution in [0.25, 0.3) is 0 Å². The Morgan fingerprint density at radius 2 is 1.67 bits per heavy atom. The third-order valence-electron chi connectivity index (χ3n) is 3.76. The van der Waals surface area contributed by atoms with Crippen LogP contribution in [0.15, 0.2) is 59.5 Å². The zero-order valence-corrected chi connectivity index (χ0v) is 14.5. The summed E-state index contributed by atoms with van der Waals surface area (Å²) in [6.07, 6.45) is 0. The lowest BCUT2D eigenvalue weighted by molar-refractivity contribution is -0.141. The monoisotopic (exact) mass is 347 g/mol. The number of hydrogen-bond donors (Lipinski definition) is 1. The van der Waals surface area contributed by atoms with Gasteiger partial charge in [0.2, 0.25) is 10.0 Å². The molecule has 24 heavy (non-hydrogen) atoms. The van der Waals surface area contributed by atoms with Gasteiger partial charge in [-0.15, -0.1) is 0 Å². The van der Waals surface area contributed by atoms with Gasteiger partial charge in [0.15, 0.2) is 0 Å². The normalized spacial score (nSPS) is 13.0. The highest BCUT2D eigenvalue weighted by Crippen LogP contribution is 2.20. The van der Waals surface area contributed by atoms with Crippen LogP contribution in [0.5, 0.6) is 0 Å².